The summed E-state index contributed by atoms with van der Waals surface area (Å²) in [5.41, 5.74) is 0. The third kappa shape index (κ3) is 4.98. The van der Waals surface area contributed by atoms with Crippen molar-refractivity contribution in [2.45, 2.75) is 44.8 Å². The largest absolute Gasteiger partial charge is 0.465 e. The van der Waals surface area contributed by atoms with Crippen LogP contribution in [0.5, 0.6) is 0 Å². The molecule has 3 rings (SSSR count). The van der Waals surface area contributed by atoms with E-state index in [4.69, 9.17) is 9.84 Å². The van der Waals surface area contributed by atoms with Gasteiger partial charge in [0, 0.05) is 32.6 Å². The van der Waals surface area contributed by atoms with Gasteiger partial charge in [0.15, 0.2) is 5.82 Å². The number of halogens is 3. The maximum atomic E-state index is 12.9. The molecule has 11 nitrogen and oxygen atoms in total. The van der Waals surface area contributed by atoms with Crippen LogP contribution in [0.1, 0.15) is 25.0 Å². The predicted octanol–water partition coefficient (Wildman–Crippen LogP) is -0.0873. The molecule has 2 aliphatic heterocycles. The Morgan fingerprint density at radius 2 is 2.07 bits per heavy atom. The number of nitrogens with one attached hydrogen (secondary N) is 1. The molecule has 1 aromatic heterocycles. The van der Waals surface area contributed by atoms with Crippen molar-refractivity contribution in [1.82, 2.24) is 29.9 Å². The molecule has 0 saturated carbocycles. The van der Waals surface area contributed by atoms with Crippen LogP contribution >= 0.6 is 0 Å². The first kappa shape index (κ1) is 21.8. The zero-order valence-corrected chi connectivity index (χ0v) is 16.1. The van der Waals surface area contributed by atoms with Crippen molar-refractivity contribution >= 4 is 17.9 Å². The van der Waals surface area contributed by atoms with Gasteiger partial charge in [0.2, 0.25) is 17.6 Å². The average Bonchev–Trinajstić information content (AvgIpc) is 3.07. The molecule has 1 aromatic rings. The fourth-order valence-electron chi connectivity index (χ4n) is 3.47. The molecule has 0 unspecified atom stereocenters. The number of rotatable bonds is 5. The molecule has 2 atom stereocenters. The van der Waals surface area contributed by atoms with Gasteiger partial charge in [-0.05, 0) is 6.92 Å². The number of carboxylic acid groups (broad SMARTS) is 1. The van der Waals surface area contributed by atoms with Crippen LogP contribution in [0.3, 0.4) is 0 Å². The molecule has 1 fully saturated rings. The normalized spacial score (nSPS) is 20.7. The highest BCUT2D eigenvalue weighted by atomic mass is 19.4. The van der Waals surface area contributed by atoms with E-state index in [1.165, 1.54) is 9.80 Å². The Morgan fingerprint density at radius 3 is 2.73 bits per heavy atom. The van der Waals surface area contributed by atoms with Crippen LogP contribution in [0, 0.1) is 0 Å². The lowest BCUT2D eigenvalue weighted by Crippen LogP contribution is -2.53. The third-order valence-electron chi connectivity index (χ3n) is 4.87. The Hall–Kier alpha value is -2.90. The summed E-state index contributed by atoms with van der Waals surface area (Å²) in [6.07, 6.45) is -6.48. The molecule has 0 spiro atoms. The van der Waals surface area contributed by atoms with Gasteiger partial charge in [0.25, 0.3) is 0 Å². The number of hydrogen-bond acceptors (Lipinski definition) is 6. The molecule has 2 aliphatic rings. The second-order valence-corrected chi connectivity index (χ2v) is 7.18. The average molecular weight is 434 g/mol. The third-order valence-corrected chi connectivity index (χ3v) is 4.87. The minimum atomic E-state index is -4.64. The number of morpholine rings is 1. The van der Waals surface area contributed by atoms with Crippen LogP contribution in [-0.4, -0.2) is 86.0 Å². The Balaban J connectivity index is 1.65. The van der Waals surface area contributed by atoms with Crippen LogP contribution in [-0.2, 0) is 33.6 Å². The standard InChI is InChI=1S/C16H21F3N6O5/c1-9-5-24(13(27)8-30-9)6-10(20-15(28)29)4-12(26)23-2-3-25-11(7-23)21-22-14(25)16(17,18)19/h9-10,20H,2-8H2,1H3,(H,28,29)/t9-,10-/m0/s1. The molecule has 166 valence electrons. The summed E-state index contributed by atoms with van der Waals surface area (Å²) < 4.78 is 44.9. The highest BCUT2D eigenvalue weighted by molar-refractivity contribution is 5.79. The monoisotopic (exact) mass is 434 g/mol. The molecule has 30 heavy (non-hydrogen) atoms. The van der Waals surface area contributed by atoms with E-state index in [9.17, 15) is 27.6 Å². The van der Waals surface area contributed by atoms with Gasteiger partial charge in [0.05, 0.1) is 18.7 Å². The SMILES string of the molecule is C[C@H]1CN(C[C@H](CC(=O)N2CCn3c(nnc3C(F)(F)F)C2)NC(=O)O)C(=O)CO1. The van der Waals surface area contributed by atoms with Gasteiger partial charge < -0.3 is 29.5 Å². The second kappa shape index (κ2) is 8.45. The van der Waals surface area contributed by atoms with Crippen LogP contribution in [0.2, 0.25) is 0 Å². The molecule has 0 aromatic carbocycles. The Bertz CT molecular complexity index is 829. The molecule has 14 heteroatoms. The predicted molar refractivity (Wildman–Crippen MR) is 92.0 cm³/mol. The van der Waals surface area contributed by atoms with Gasteiger partial charge in [-0.25, -0.2) is 4.79 Å². The number of aromatic nitrogens is 3. The van der Waals surface area contributed by atoms with Gasteiger partial charge in [0.1, 0.15) is 6.61 Å². The van der Waals surface area contributed by atoms with E-state index >= 15 is 0 Å². The van der Waals surface area contributed by atoms with Gasteiger partial charge in [-0.2, -0.15) is 13.2 Å². The molecule has 3 heterocycles. The summed E-state index contributed by atoms with van der Waals surface area (Å²) in [5.74, 6) is -1.90. The summed E-state index contributed by atoms with van der Waals surface area (Å²) in [4.78, 5) is 38.5. The summed E-state index contributed by atoms with van der Waals surface area (Å²) in [6, 6.07) is -0.880. The molecule has 0 radical (unpaired) electrons. The van der Waals surface area contributed by atoms with E-state index < -0.39 is 30.0 Å². The van der Waals surface area contributed by atoms with Crippen molar-refractivity contribution in [3.63, 3.8) is 0 Å². The van der Waals surface area contributed by atoms with E-state index in [1.54, 1.807) is 6.92 Å². The van der Waals surface area contributed by atoms with Gasteiger partial charge in [-0.3, -0.25) is 9.59 Å². The number of alkyl halides is 3. The molecular weight excluding hydrogens is 413 g/mol. The first-order valence-electron chi connectivity index (χ1n) is 9.20. The zero-order valence-electron chi connectivity index (χ0n) is 16.1. The Labute approximate surface area is 168 Å². The molecule has 0 aliphatic carbocycles. The Kier molecular flexibility index (Phi) is 6.14. The number of fused-ring (bicyclic) bond motifs is 1. The first-order chi connectivity index (χ1) is 14.0. The topological polar surface area (TPSA) is 130 Å². The van der Waals surface area contributed by atoms with E-state index in [0.717, 1.165) is 4.57 Å². The number of amides is 3. The van der Waals surface area contributed by atoms with Crippen molar-refractivity contribution in [3.8, 4) is 0 Å². The van der Waals surface area contributed by atoms with Crippen molar-refractivity contribution in [3.05, 3.63) is 11.6 Å². The summed E-state index contributed by atoms with van der Waals surface area (Å²) in [5, 5.41) is 18.0. The van der Waals surface area contributed by atoms with Crippen LogP contribution in [0.15, 0.2) is 0 Å². The summed E-state index contributed by atoms with van der Waals surface area (Å²) >= 11 is 0. The van der Waals surface area contributed by atoms with Crippen molar-refractivity contribution in [1.29, 1.82) is 0 Å². The maximum absolute atomic E-state index is 12.9. The van der Waals surface area contributed by atoms with Crippen LogP contribution in [0.25, 0.3) is 0 Å². The smallest absolute Gasteiger partial charge is 0.451 e. The number of hydrogen-bond donors (Lipinski definition) is 2. The van der Waals surface area contributed by atoms with Crippen LogP contribution < -0.4 is 5.32 Å². The summed E-state index contributed by atoms with van der Waals surface area (Å²) in [6.45, 7) is 1.58. The van der Waals surface area contributed by atoms with Crippen molar-refractivity contribution < 1.29 is 37.4 Å². The summed E-state index contributed by atoms with van der Waals surface area (Å²) in [7, 11) is 0. The highest BCUT2D eigenvalue weighted by Crippen LogP contribution is 2.29. The quantitative estimate of drug-likeness (QED) is 0.663. The minimum absolute atomic E-state index is 0.000262. The molecular formula is C16H21F3N6O5. The van der Waals surface area contributed by atoms with E-state index in [-0.39, 0.29) is 63.6 Å². The minimum Gasteiger partial charge on any atom is -0.465 e. The lowest BCUT2D eigenvalue weighted by atomic mass is 10.1. The van der Waals surface area contributed by atoms with E-state index in [1.807, 2.05) is 0 Å². The Morgan fingerprint density at radius 1 is 1.33 bits per heavy atom. The van der Waals surface area contributed by atoms with Crippen molar-refractivity contribution in [2.75, 3.05) is 26.2 Å². The first-order valence-corrected chi connectivity index (χ1v) is 9.20. The molecule has 1 saturated heterocycles. The van der Waals surface area contributed by atoms with E-state index in [0.29, 0.717) is 0 Å². The number of ether oxygens (including phenoxy) is 1. The maximum Gasteiger partial charge on any atom is 0.451 e. The molecule has 0 bridgehead atoms. The lowest BCUT2D eigenvalue weighted by molar-refractivity contribution is -0.149. The number of carbonyl (C=O) groups excluding carboxylic acids is 2. The number of carbonyl (C=O) groups is 3. The highest BCUT2D eigenvalue weighted by Gasteiger charge is 2.40. The second-order valence-electron chi connectivity index (χ2n) is 7.18. The van der Waals surface area contributed by atoms with Crippen LogP contribution in [0.4, 0.5) is 18.0 Å². The number of nitrogens with zero attached hydrogens (tertiary/aromatic N) is 5. The van der Waals surface area contributed by atoms with Gasteiger partial charge >= 0.3 is 12.3 Å². The molecule has 2 N–H and O–H groups in total. The van der Waals surface area contributed by atoms with E-state index in [2.05, 4.69) is 15.5 Å². The van der Waals surface area contributed by atoms with Gasteiger partial charge in [-0.15, -0.1) is 10.2 Å². The fourth-order valence-corrected chi connectivity index (χ4v) is 3.47. The van der Waals surface area contributed by atoms with Crippen molar-refractivity contribution in [2.24, 2.45) is 0 Å². The fraction of sp³-hybridized carbons (Fsp3) is 0.688. The van der Waals surface area contributed by atoms with Gasteiger partial charge in [-0.1, -0.05) is 0 Å². The lowest BCUT2D eigenvalue weighted by Gasteiger charge is -2.34. The zero-order chi connectivity index (χ0) is 22.1. The molecule has 3 amide bonds.